The predicted octanol–water partition coefficient (Wildman–Crippen LogP) is 3.38. The Bertz CT molecular complexity index is 1000. The quantitative estimate of drug-likeness (QED) is 0.441. The molecule has 0 aliphatic carbocycles. The Hall–Kier alpha value is -3.46. The lowest BCUT2D eigenvalue weighted by molar-refractivity contribution is -0.384. The van der Waals surface area contributed by atoms with Gasteiger partial charge in [-0.2, -0.15) is 0 Å². The first-order valence-electron chi connectivity index (χ1n) is 8.77. The third-order valence-corrected chi connectivity index (χ3v) is 5.18. The second-order valence-electron chi connectivity index (χ2n) is 6.44. The molecule has 1 aliphatic rings. The van der Waals surface area contributed by atoms with Gasteiger partial charge in [0, 0.05) is 24.9 Å². The Labute approximate surface area is 173 Å². The highest BCUT2D eigenvalue weighted by Crippen LogP contribution is 2.32. The second kappa shape index (κ2) is 8.27. The van der Waals surface area contributed by atoms with Crippen LogP contribution in [0.25, 0.3) is 0 Å². The molecule has 1 aliphatic heterocycles. The number of hydrogen-bond donors (Lipinski definition) is 2. The van der Waals surface area contributed by atoms with Crippen molar-refractivity contribution in [1.82, 2.24) is 10.2 Å². The first-order valence-corrected chi connectivity index (χ1v) is 9.18. The Morgan fingerprint density at radius 3 is 2.52 bits per heavy atom. The van der Waals surface area contributed by atoms with Crippen molar-refractivity contribution in [2.75, 3.05) is 19.5 Å². The van der Waals surface area contributed by atoms with Gasteiger partial charge in [0.1, 0.15) is 5.75 Å². The summed E-state index contributed by atoms with van der Waals surface area (Å²) in [7, 11) is 3.30. The topological polar surface area (TPSA) is 96.7 Å². The fraction of sp³-hybridized carbons (Fsp3) is 0.200. The molecule has 0 bridgehead atoms. The number of thiocarbonyl (C=S) groups is 1. The van der Waals surface area contributed by atoms with Gasteiger partial charge in [-0.3, -0.25) is 14.9 Å². The molecule has 29 heavy (non-hydrogen) atoms. The van der Waals surface area contributed by atoms with Gasteiger partial charge in [-0.25, -0.2) is 0 Å². The van der Waals surface area contributed by atoms with E-state index < -0.39 is 11.0 Å². The number of nitrogens with one attached hydrogen (secondary N) is 2. The molecule has 2 N–H and O–H groups in total. The van der Waals surface area contributed by atoms with Gasteiger partial charge in [0.15, 0.2) is 5.11 Å². The average Bonchev–Trinajstić information content (AvgIpc) is 2.72. The summed E-state index contributed by atoms with van der Waals surface area (Å²) in [5, 5.41) is 17.4. The van der Waals surface area contributed by atoms with Gasteiger partial charge in [0.05, 0.1) is 29.3 Å². The van der Waals surface area contributed by atoms with Crippen molar-refractivity contribution < 1.29 is 14.5 Å². The third kappa shape index (κ3) is 4.04. The van der Waals surface area contributed by atoms with Crippen molar-refractivity contribution in [3.05, 3.63) is 75.5 Å². The zero-order valence-electron chi connectivity index (χ0n) is 16.1. The molecule has 0 aromatic heterocycles. The van der Waals surface area contributed by atoms with Gasteiger partial charge in [-0.15, -0.1) is 0 Å². The molecule has 0 fully saturated rings. The van der Waals surface area contributed by atoms with Gasteiger partial charge < -0.3 is 20.3 Å². The van der Waals surface area contributed by atoms with Gasteiger partial charge in [-0.05, 0) is 49.0 Å². The number of hydrogen-bond acceptors (Lipinski definition) is 5. The minimum atomic E-state index is -0.547. The number of para-hydroxylation sites is 2. The number of rotatable bonds is 5. The van der Waals surface area contributed by atoms with Crippen LogP contribution in [-0.2, 0) is 4.79 Å². The summed E-state index contributed by atoms with van der Waals surface area (Å²) in [5.41, 5.74) is 2.35. The Kier molecular flexibility index (Phi) is 5.79. The number of anilines is 1. The first kappa shape index (κ1) is 20.3. The fourth-order valence-corrected chi connectivity index (χ4v) is 3.36. The van der Waals surface area contributed by atoms with E-state index in [0.717, 1.165) is 0 Å². The number of methoxy groups -OCH3 is 1. The van der Waals surface area contributed by atoms with Crippen LogP contribution < -0.4 is 15.4 Å². The lowest BCUT2D eigenvalue weighted by Gasteiger charge is -2.35. The van der Waals surface area contributed by atoms with Crippen LogP contribution in [-0.4, -0.2) is 35.0 Å². The number of non-ortho nitro benzene ring substituents is 1. The maximum absolute atomic E-state index is 13.2. The number of benzene rings is 2. The molecule has 0 saturated heterocycles. The highest BCUT2D eigenvalue weighted by Gasteiger charge is 2.33. The predicted molar refractivity (Wildman–Crippen MR) is 114 cm³/mol. The highest BCUT2D eigenvalue weighted by molar-refractivity contribution is 7.80. The van der Waals surface area contributed by atoms with E-state index in [4.69, 9.17) is 17.0 Å². The van der Waals surface area contributed by atoms with Gasteiger partial charge >= 0.3 is 0 Å². The van der Waals surface area contributed by atoms with E-state index in [2.05, 4.69) is 10.6 Å². The lowest BCUT2D eigenvalue weighted by Crippen LogP contribution is -2.46. The van der Waals surface area contributed by atoms with E-state index in [-0.39, 0.29) is 11.6 Å². The van der Waals surface area contributed by atoms with Crippen LogP contribution in [0.3, 0.4) is 0 Å². The van der Waals surface area contributed by atoms with Crippen LogP contribution in [0.5, 0.6) is 5.75 Å². The molecule has 0 radical (unpaired) electrons. The maximum Gasteiger partial charge on any atom is 0.269 e. The minimum Gasteiger partial charge on any atom is -0.495 e. The zero-order chi connectivity index (χ0) is 21.1. The Morgan fingerprint density at radius 2 is 1.90 bits per heavy atom. The van der Waals surface area contributed by atoms with Crippen LogP contribution >= 0.6 is 12.2 Å². The summed E-state index contributed by atoms with van der Waals surface area (Å²) >= 11 is 5.38. The van der Waals surface area contributed by atoms with Crippen molar-refractivity contribution in [1.29, 1.82) is 0 Å². The normalized spacial score (nSPS) is 16.3. The van der Waals surface area contributed by atoms with Gasteiger partial charge in [0.25, 0.3) is 11.6 Å². The molecule has 1 heterocycles. The van der Waals surface area contributed by atoms with E-state index in [1.54, 1.807) is 42.3 Å². The molecule has 2 aromatic rings. The third-order valence-electron chi connectivity index (χ3n) is 4.79. The van der Waals surface area contributed by atoms with Crippen molar-refractivity contribution in [3.8, 4) is 5.75 Å². The summed E-state index contributed by atoms with van der Waals surface area (Å²) in [4.78, 5) is 25.4. The van der Waals surface area contributed by atoms with Crippen molar-refractivity contribution in [3.63, 3.8) is 0 Å². The molecule has 9 heteroatoms. The number of nitrogens with zero attached hydrogens (tertiary/aromatic N) is 2. The van der Waals surface area contributed by atoms with Crippen LogP contribution in [0.1, 0.15) is 18.5 Å². The molecule has 8 nitrogen and oxygen atoms in total. The Balaban J connectivity index is 2.00. The molecule has 3 rings (SSSR count). The fourth-order valence-electron chi connectivity index (χ4n) is 3.11. The molecular weight excluding hydrogens is 392 g/mol. The second-order valence-corrected chi connectivity index (χ2v) is 6.83. The largest absolute Gasteiger partial charge is 0.495 e. The number of amides is 1. The van der Waals surface area contributed by atoms with E-state index >= 15 is 0 Å². The number of carbonyl (C=O) groups is 1. The SMILES string of the molecule is COc1ccccc1NC(=O)C1=C(C)N(C)C(=S)NC1c1ccc([N+](=O)[O-])cc1. The van der Waals surface area contributed by atoms with Crippen molar-refractivity contribution in [2.24, 2.45) is 0 Å². The van der Waals surface area contributed by atoms with E-state index in [1.165, 1.54) is 19.2 Å². The monoisotopic (exact) mass is 412 g/mol. The summed E-state index contributed by atoms with van der Waals surface area (Å²) in [6, 6.07) is 12.6. The van der Waals surface area contributed by atoms with Crippen LogP contribution in [0.2, 0.25) is 0 Å². The molecular formula is C20H20N4O4S. The summed E-state index contributed by atoms with van der Waals surface area (Å²) in [5.74, 6) is 0.218. The van der Waals surface area contributed by atoms with E-state index in [1.807, 2.05) is 13.0 Å². The smallest absolute Gasteiger partial charge is 0.269 e. The number of allylic oxidation sites excluding steroid dienone is 1. The molecule has 1 amide bonds. The summed E-state index contributed by atoms with van der Waals surface area (Å²) in [6.45, 7) is 1.81. The van der Waals surface area contributed by atoms with Crippen molar-refractivity contribution >= 4 is 34.6 Å². The molecule has 2 aromatic carbocycles. The van der Waals surface area contributed by atoms with Crippen LogP contribution in [0.15, 0.2) is 59.8 Å². The average molecular weight is 412 g/mol. The van der Waals surface area contributed by atoms with E-state index in [9.17, 15) is 14.9 Å². The summed E-state index contributed by atoms with van der Waals surface area (Å²) in [6.07, 6.45) is 0. The molecule has 0 spiro atoms. The summed E-state index contributed by atoms with van der Waals surface area (Å²) < 4.78 is 5.30. The molecule has 150 valence electrons. The first-order chi connectivity index (χ1) is 13.8. The zero-order valence-corrected chi connectivity index (χ0v) is 16.9. The highest BCUT2D eigenvalue weighted by atomic mass is 32.1. The molecule has 1 unspecified atom stereocenters. The van der Waals surface area contributed by atoms with Gasteiger partial charge in [0.2, 0.25) is 0 Å². The van der Waals surface area contributed by atoms with Gasteiger partial charge in [-0.1, -0.05) is 12.1 Å². The molecule has 0 saturated carbocycles. The standard InChI is InChI=1S/C20H20N4O4S/c1-12-17(19(25)21-15-6-4-5-7-16(15)28-3)18(22-20(29)23(12)2)13-8-10-14(11-9-13)24(26)27/h4-11,18H,1-3H3,(H,21,25)(H,22,29). The number of nitro groups is 1. The van der Waals surface area contributed by atoms with Crippen LogP contribution in [0.4, 0.5) is 11.4 Å². The number of ether oxygens (including phenoxy) is 1. The molecule has 1 atom stereocenters. The Morgan fingerprint density at radius 1 is 1.24 bits per heavy atom. The maximum atomic E-state index is 13.2. The minimum absolute atomic E-state index is 0.0232. The van der Waals surface area contributed by atoms with Crippen LogP contribution in [0, 0.1) is 10.1 Å². The van der Waals surface area contributed by atoms with E-state index in [0.29, 0.717) is 33.4 Å². The number of carbonyl (C=O) groups excluding carboxylic acids is 1. The lowest BCUT2D eigenvalue weighted by atomic mass is 9.94. The van der Waals surface area contributed by atoms with Crippen molar-refractivity contribution in [2.45, 2.75) is 13.0 Å². The number of nitro benzene ring substituents is 1.